The Morgan fingerprint density at radius 1 is 1.33 bits per heavy atom. The summed E-state index contributed by atoms with van der Waals surface area (Å²) in [7, 11) is 0. The van der Waals surface area contributed by atoms with E-state index >= 15 is 0 Å². The quantitative estimate of drug-likeness (QED) is 0.492. The number of carbonyl (C=O) groups excluding carboxylic acids is 1. The van der Waals surface area contributed by atoms with E-state index in [-0.39, 0.29) is 28.5 Å². The van der Waals surface area contributed by atoms with Crippen LogP contribution in [0.3, 0.4) is 0 Å². The van der Waals surface area contributed by atoms with E-state index in [1.165, 1.54) is 0 Å². The van der Waals surface area contributed by atoms with Gasteiger partial charge < -0.3 is 9.47 Å². The fraction of sp³-hybridized carbons (Fsp3) is 0.111. The van der Waals surface area contributed by atoms with Gasteiger partial charge in [-0.25, -0.2) is 9.18 Å². The van der Waals surface area contributed by atoms with Gasteiger partial charge in [-0.2, -0.15) is 4.68 Å². The SMILES string of the molecule is C#CCOC(=O)COc1cc(-n2nnc3ccccc3c2=O)c(F)cc1Cl. The Morgan fingerprint density at radius 2 is 2.11 bits per heavy atom. The van der Waals surface area contributed by atoms with E-state index in [4.69, 9.17) is 22.8 Å². The maximum Gasteiger partial charge on any atom is 0.345 e. The second-order valence-electron chi connectivity index (χ2n) is 5.21. The molecule has 1 heterocycles. The summed E-state index contributed by atoms with van der Waals surface area (Å²) in [6.45, 7) is -0.697. The molecule has 0 aliphatic rings. The van der Waals surface area contributed by atoms with Gasteiger partial charge in [-0.05, 0) is 18.2 Å². The van der Waals surface area contributed by atoms with Crippen molar-refractivity contribution in [2.24, 2.45) is 0 Å². The maximum absolute atomic E-state index is 14.4. The third kappa shape index (κ3) is 3.88. The Morgan fingerprint density at radius 3 is 2.89 bits per heavy atom. The van der Waals surface area contributed by atoms with Gasteiger partial charge in [0.15, 0.2) is 19.0 Å². The Labute approximate surface area is 157 Å². The lowest BCUT2D eigenvalue weighted by atomic mass is 10.2. The van der Waals surface area contributed by atoms with Crippen LogP contribution in [0.2, 0.25) is 5.02 Å². The second kappa shape index (κ2) is 7.85. The van der Waals surface area contributed by atoms with Gasteiger partial charge in [-0.1, -0.05) is 34.9 Å². The van der Waals surface area contributed by atoms with Gasteiger partial charge in [-0.15, -0.1) is 11.5 Å². The van der Waals surface area contributed by atoms with Crippen molar-refractivity contribution in [3.8, 4) is 23.8 Å². The van der Waals surface area contributed by atoms with Crippen molar-refractivity contribution in [2.75, 3.05) is 13.2 Å². The summed E-state index contributed by atoms with van der Waals surface area (Å²) in [5.74, 6) is 0.569. The number of rotatable bonds is 5. The van der Waals surface area contributed by atoms with Crippen molar-refractivity contribution < 1.29 is 18.7 Å². The third-order valence-corrected chi connectivity index (χ3v) is 3.76. The summed E-state index contributed by atoms with van der Waals surface area (Å²) < 4.78 is 25.1. The monoisotopic (exact) mass is 387 g/mol. The van der Waals surface area contributed by atoms with Crippen LogP contribution in [-0.4, -0.2) is 34.2 Å². The molecule has 0 fully saturated rings. The predicted molar refractivity (Wildman–Crippen MR) is 95.4 cm³/mol. The fourth-order valence-electron chi connectivity index (χ4n) is 2.24. The molecular weight excluding hydrogens is 377 g/mol. The van der Waals surface area contributed by atoms with Crippen LogP contribution in [0, 0.1) is 18.2 Å². The molecule has 0 radical (unpaired) electrons. The third-order valence-electron chi connectivity index (χ3n) is 3.46. The van der Waals surface area contributed by atoms with Gasteiger partial charge >= 0.3 is 5.97 Å². The summed E-state index contributed by atoms with van der Waals surface area (Å²) in [6, 6.07) is 8.62. The Hall–Kier alpha value is -3.44. The highest BCUT2D eigenvalue weighted by Gasteiger charge is 2.16. The zero-order chi connectivity index (χ0) is 19.4. The molecule has 1 aromatic heterocycles. The predicted octanol–water partition coefficient (Wildman–Crippen LogP) is 2.13. The molecule has 0 atom stereocenters. The van der Waals surface area contributed by atoms with E-state index in [0.717, 1.165) is 16.8 Å². The molecule has 0 aliphatic heterocycles. The Bertz CT molecular complexity index is 1120. The summed E-state index contributed by atoms with van der Waals surface area (Å²) in [5.41, 5.74) is -0.420. The number of hydrogen-bond donors (Lipinski definition) is 0. The first-order chi connectivity index (χ1) is 13.0. The molecule has 3 rings (SSSR count). The molecule has 0 unspecified atom stereocenters. The molecular formula is C18H11ClFN3O4. The molecule has 9 heteroatoms. The van der Waals surface area contributed by atoms with Gasteiger partial charge in [-0.3, -0.25) is 4.79 Å². The molecule has 0 bridgehead atoms. The van der Waals surface area contributed by atoms with E-state index in [2.05, 4.69) is 21.0 Å². The minimum Gasteiger partial charge on any atom is -0.480 e. The first kappa shape index (κ1) is 18.4. The zero-order valence-electron chi connectivity index (χ0n) is 13.7. The van der Waals surface area contributed by atoms with E-state index in [1.54, 1.807) is 24.3 Å². The molecule has 0 spiro atoms. The van der Waals surface area contributed by atoms with Crippen LogP contribution in [0.5, 0.6) is 5.75 Å². The van der Waals surface area contributed by atoms with Crippen molar-refractivity contribution in [2.45, 2.75) is 0 Å². The second-order valence-corrected chi connectivity index (χ2v) is 5.62. The number of carbonyl (C=O) groups is 1. The maximum atomic E-state index is 14.4. The van der Waals surface area contributed by atoms with Gasteiger partial charge in [0.25, 0.3) is 5.56 Å². The number of esters is 1. The molecule has 0 N–H and O–H groups in total. The van der Waals surface area contributed by atoms with Crippen LogP contribution in [-0.2, 0) is 9.53 Å². The van der Waals surface area contributed by atoms with Crippen molar-refractivity contribution >= 4 is 28.5 Å². The summed E-state index contributed by atoms with van der Waals surface area (Å²) >= 11 is 5.94. The largest absolute Gasteiger partial charge is 0.480 e. The van der Waals surface area contributed by atoms with E-state index in [0.29, 0.717) is 5.52 Å². The molecule has 0 amide bonds. The molecule has 0 saturated heterocycles. The number of benzene rings is 2. The normalized spacial score (nSPS) is 10.4. The minimum atomic E-state index is -0.811. The smallest absolute Gasteiger partial charge is 0.345 e. The Balaban J connectivity index is 1.97. The molecule has 0 saturated carbocycles. The number of hydrogen-bond acceptors (Lipinski definition) is 6. The molecule has 2 aromatic carbocycles. The number of fused-ring (bicyclic) bond motifs is 1. The van der Waals surface area contributed by atoms with Crippen LogP contribution in [0.1, 0.15) is 0 Å². The lowest BCUT2D eigenvalue weighted by Crippen LogP contribution is -2.23. The molecule has 3 aromatic rings. The summed E-state index contributed by atoms with van der Waals surface area (Å²) in [5, 5.41) is 7.82. The Kier molecular flexibility index (Phi) is 5.33. The van der Waals surface area contributed by atoms with Crippen LogP contribution in [0.25, 0.3) is 16.6 Å². The number of halogens is 2. The molecule has 0 aliphatic carbocycles. The summed E-state index contributed by atoms with van der Waals surface area (Å²) in [4.78, 5) is 24.1. The van der Waals surface area contributed by atoms with Crippen LogP contribution in [0.15, 0.2) is 41.2 Å². The molecule has 7 nitrogen and oxygen atoms in total. The first-order valence-corrected chi connectivity index (χ1v) is 7.95. The van der Waals surface area contributed by atoms with Crippen molar-refractivity contribution in [1.29, 1.82) is 0 Å². The first-order valence-electron chi connectivity index (χ1n) is 7.57. The summed E-state index contributed by atoms with van der Waals surface area (Å²) in [6.07, 6.45) is 4.99. The van der Waals surface area contributed by atoms with Crippen molar-refractivity contribution in [3.05, 3.63) is 57.6 Å². The van der Waals surface area contributed by atoms with Crippen LogP contribution >= 0.6 is 11.6 Å². The standard InChI is InChI=1S/C18H11ClFN3O4/c1-2-7-26-17(24)10-27-16-9-15(13(20)8-12(16)19)23-18(25)11-5-3-4-6-14(11)21-22-23/h1,3-6,8-9H,7,10H2. The average molecular weight is 388 g/mol. The lowest BCUT2D eigenvalue weighted by molar-refractivity contribution is -0.144. The number of aromatic nitrogens is 3. The highest BCUT2D eigenvalue weighted by molar-refractivity contribution is 6.32. The minimum absolute atomic E-state index is 0.0346. The van der Waals surface area contributed by atoms with Crippen molar-refractivity contribution in [3.63, 3.8) is 0 Å². The molecule has 136 valence electrons. The van der Waals surface area contributed by atoms with Gasteiger partial charge in [0.2, 0.25) is 0 Å². The topological polar surface area (TPSA) is 83.3 Å². The highest BCUT2D eigenvalue weighted by Crippen LogP contribution is 2.29. The van der Waals surface area contributed by atoms with Gasteiger partial charge in [0, 0.05) is 6.07 Å². The van der Waals surface area contributed by atoms with Crippen LogP contribution in [0.4, 0.5) is 4.39 Å². The van der Waals surface area contributed by atoms with E-state index < -0.39 is 24.0 Å². The van der Waals surface area contributed by atoms with Gasteiger partial charge in [0.05, 0.1) is 10.4 Å². The average Bonchev–Trinajstić information content (AvgIpc) is 2.67. The van der Waals surface area contributed by atoms with Crippen molar-refractivity contribution in [1.82, 2.24) is 15.0 Å². The van der Waals surface area contributed by atoms with Gasteiger partial charge in [0.1, 0.15) is 17.0 Å². The lowest BCUT2D eigenvalue weighted by Gasteiger charge is -2.11. The number of terminal acetylenes is 1. The van der Waals surface area contributed by atoms with E-state index in [9.17, 15) is 14.0 Å². The number of ether oxygens (including phenoxy) is 2. The fourth-order valence-corrected chi connectivity index (χ4v) is 2.44. The number of nitrogens with zero attached hydrogens (tertiary/aromatic N) is 3. The highest BCUT2D eigenvalue weighted by atomic mass is 35.5. The van der Waals surface area contributed by atoms with E-state index in [1.807, 2.05) is 0 Å². The molecule has 27 heavy (non-hydrogen) atoms. The zero-order valence-corrected chi connectivity index (χ0v) is 14.4. The van der Waals surface area contributed by atoms with Crippen LogP contribution < -0.4 is 10.3 Å².